The molecule has 0 aromatic heterocycles. The van der Waals surface area contributed by atoms with E-state index < -0.39 is 28.5 Å². The van der Waals surface area contributed by atoms with E-state index in [2.05, 4.69) is 5.32 Å². The van der Waals surface area contributed by atoms with E-state index in [1.165, 1.54) is 12.0 Å². The monoisotopic (exact) mass is 557 g/mol. The lowest BCUT2D eigenvalue weighted by atomic mass is 10.0. The van der Waals surface area contributed by atoms with Gasteiger partial charge in [-0.15, -0.1) is 0 Å². The van der Waals surface area contributed by atoms with Crippen molar-refractivity contribution in [3.05, 3.63) is 95.0 Å². The first-order valence-electron chi connectivity index (χ1n) is 12.1. The molecule has 8 nitrogen and oxygen atoms in total. The molecule has 0 heterocycles. The number of halogens is 1. The maximum absolute atomic E-state index is 13.9. The van der Waals surface area contributed by atoms with Crippen molar-refractivity contribution in [1.82, 2.24) is 10.2 Å². The van der Waals surface area contributed by atoms with Gasteiger partial charge in [0.2, 0.25) is 21.8 Å². The Labute approximate surface area is 229 Å². The molecule has 38 heavy (non-hydrogen) atoms. The van der Waals surface area contributed by atoms with Crippen molar-refractivity contribution < 1.29 is 22.7 Å². The summed E-state index contributed by atoms with van der Waals surface area (Å²) in [4.78, 5) is 28.7. The summed E-state index contributed by atoms with van der Waals surface area (Å²) in [6, 6.07) is 21.9. The van der Waals surface area contributed by atoms with Crippen molar-refractivity contribution in [1.29, 1.82) is 0 Å². The SMILES string of the molecule is CCNC(=O)[C@H](Cc1ccccc1)N(Cc1ccc(Cl)cc1)C(=O)CN(c1cccc(OC)c1)S(C)(=O)=O. The Morgan fingerprint density at radius 3 is 2.26 bits per heavy atom. The molecule has 0 saturated heterocycles. The van der Waals surface area contributed by atoms with Gasteiger partial charge in [-0.1, -0.05) is 60.1 Å². The molecule has 10 heteroatoms. The van der Waals surface area contributed by atoms with Gasteiger partial charge in [-0.05, 0) is 42.3 Å². The second-order valence-corrected chi connectivity index (χ2v) is 11.1. The lowest BCUT2D eigenvalue weighted by molar-refractivity contribution is -0.140. The Bertz CT molecular complexity index is 1330. The van der Waals surface area contributed by atoms with Gasteiger partial charge in [0.1, 0.15) is 18.3 Å². The van der Waals surface area contributed by atoms with Gasteiger partial charge in [-0.3, -0.25) is 13.9 Å². The van der Waals surface area contributed by atoms with Crippen LogP contribution in [0.1, 0.15) is 18.1 Å². The van der Waals surface area contributed by atoms with Crippen molar-refractivity contribution in [2.24, 2.45) is 0 Å². The highest BCUT2D eigenvalue weighted by atomic mass is 35.5. The number of amides is 2. The highest BCUT2D eigenvalue weighted by Gasteiger charge is 2.32. The average Bonchev–Trinajstić information content (AvgIpc) is 2.90. The fourth-order valence-corrected chi connectivity index (χ4v) is 4.98. The van der Waals surface area contributed by atoms with E-state index in [0.717, 1.165) is 21.7 Å². The minimum absolute atomic E-state index is 0.0837. The number of hydrogen-bond acceptors (Lipinski definition) is 5. The molecule has 3 rings (SSSR count). The van der Waals surface area contributed by atoms with Gasteiger partial charge in [0.05, 0.1) is 19.1 Å². The van der Waals surface area contributed by atoms with Crippen LogP contribution in [0.5, 0.6) is 5.75 Å². The number of carbonyl (C=O) groups is 2. The number of sulfonamides is 1. The number of nitrogens with one attached hydrogen (secondary N) is 1. The highest BCUT2D eigenvalue weighted by molar-refractivity contribution is 7.92. The number of methoxy groups -OCH3 is 1. The van der Waals surface area contributed by atoms with Crippen molar-refractivity contribution >= 4 is 39.1 Å². The van der Waals surface area contributed by atoms with Crippen LogP contribution in [0, 0.1) is 0 Å². The van der Waals surface area contributed by atoms with Gasteiger partial charge >= 0.3 is 0 Å². The summed E-state index contributed by atoms with van der Waals surface area (Å²) in [5.74, 6) is -0.405. The van der Waals surface area contributed by atoms with Crippen molar-refractivity contribution in [3.63, 3.8) is 0 Å². The second-order valence-electron chi connectivity index (χ2n) is 8.72. The molecular formula is C28H32ClN3O5S. The molecule has 0 spiro atoms. The van der Waals surface area contributed by atoms with Crippen molar-refractivity contribution in [2.45, 2.75) is 25.9 Å². The normalized spacial score (nSPS) is 11.9. The van der Waals surface area contributed by atoms with Crippen LogP contribution in [-0.2, 0) is 32.6 Å². The minimum atomic E-state index is -3.85. The first-order chi connectivity index (χ1) is 18.1. The molecule has 0 aliphatic heterocycles. The Balaban J connectivity index is 2.03. The summed E-state index contributed by atoms with van der Waals surface area (Å²) in [5, 5.41) is 3.36. The Morgan fingerprint density at radius 2 is 1.66 bits per heavy atom. The third kappa shape index (κ3) is 7.97. The average molecular weight is 558 g/mol. The van der Waals surface area contributed by atoms with Gasteiger partial charge in [-0.25, -0.2) is 8.42 Å². The van der Waals surface area contributed by atoms with Gasteiger partial charge in [0.15, 0.2) is 0 Å². The van der Waals surface area contributed by atoms with E-state index in [9.17, 15) is 18.0 Å². The zero-order valence-electron chi connectivity index (χ0n) is 21.6. The minimum Gasteiger partial charge on any atom is -0.497 e. The molecular weight excluding hydrogens is 526 g/mol. The number of carbonyl (C=O) groups excluding carboxylic acids is 2. The topological polar surface area (TPSA) is 96.0 Å². The second kappa shape index (κ2) is 13.3. The number of nitrogens with zero attached hydrogens (tertiary/aromatic N) is 2. The molecule has 1 atom stereocenters. The summed E-state index contributed by atoms with van der Waals surface area (Å²) < 4.78 is 31.9. The van der Waals surface area contributed by atoms with Crippen LogP contribution in [0.15, 0.2) is 78.9 Å². The zero-order valence-corrected chi connectivity index (χ0v) is 23.2. The summed E-state index contributed by atoms with van der Waals surface area (Å²) >= 11 is 6.06. The third-order valence-electron chi connectivity index (χ3n) is 5.91. The molecule has 0 aliphatic rings. The maximum Gasteiger partial charge on any atom is 0.244 e. The summed E-state index contributed by atoms with van der Waals surface area (Å²) in [6.45, 7) is 1.77. The first kappa shape index (κ1) is 29.0. The Kier molecular flexibility index (Phi) is 10.2. The number of ether oxygens (including phenoxy) is 1. The number of hydrogen-bond donors (Lipinski definition) is 1. The van der Waals surface area contributed by atoms with Crippen LogP contribution in [0.2, 0.25) is 5.02 Å². The van der Waals surface area contributed by atoms with Crippen LogP contribution in [-0.4, -0.2) is 57.6 Å². The van der Waals surface area contributed by atoms with Crippen molar-refractivity contribution in [2.75, 3.05) is 30.8 Å². The molecule has 2 amide bonds. The standard InChI is InChI=1S/C28H32ClN3O5S/c1-4-30-28(34)26(17-21-9-6-5-7-10-21)31(19-22-13-15-23(29)16-14-22)27(33)20-32(38(3,35)36)24-11-8-12-25(18-24)37-2/h5-16,18,26H,4,17,19-20H2,1-3H3,(H,30,34)/t26-/m0/s1. The Morgan fingerprint density at radius 1 is 0.974 bits per heavy atom. The first-order valence-corrected chi connectivity index (χ1v) is 14.3. The van der Waals surface area contributed by atoms with E-state index in [-0.39, 0.29) is 24.6 Å². The van der Waals surface area contributed by atoms with Crippen LogP contribution in [0.3, 0.4) is 0 Å². The number of rotatable bonds is 12. The summed E-state index contributed by atoms with van der Waals surface area (Å²) in [6.07, 6.45) is 1.29. The van der Waals surface area contributed by atoms with Gasteiger partial charge < -0.3 is 15.0 Å². The smallest absolute Gasteiger partial charge is 0.244 e. The summed E-state index contributed by atoms with van der Waals surface area (Å²) in [7, 11) is -2.38. The van der Waals surface area contributed by atoms with E-state index in [0.29, 0.717) is 17.3 Å². The lowest BCUT2D eigenvalue weighted by Gasteiger charge is -2.33. The van der Waals surface area contributed by atoms with Gasteiger partial charge in [0.25, 0.3) is 0 Å². The lowest BCUT2D eigenvalue weighted by Crippen LogP contribution is -2.53. The van der Waals surface area contributed by atoms with E-state index in [1.54, 1.807) is 55.5 Å². The Hall–Kier alpha value is -3.56. The van der Waals surface area contributed by atoms with Gasteiger partial charge in [-0.2, -0.15) is 0 Å². The molecule has 0 aliphatic carbocycles. The van der Waals surface area contributed by atoms with Crippen molar-refractivity contribution in [3.8, 4) is 5.75 Å². The predicted molar refractivity (Wildman–Crippen MR) is 150 cm³/mol. The van der Waals surface area contributed by atoms with Crippen LogP contribution < -0.4 is 14.4 Å². The number of benzene rings is 3. The molecule has 0 fully saturated rings. The predicted octanol–water partition coefficient (Wildman–Crippen LogP) is 3.89. The van der Waals surface area contributed by atoms with E-state index in [4.69, 9.17) is 16.3 Å². The number of anilines is 1. The molecule has 0 bridgehead atoms. The van der Waals surface area contributed by atoms with Crippen LogP contribution in [0.25, 0.3) is 0 Å². The van der Waals surface area contributed by atoms with E-state index >= 15 is 0 Å². The highest BCUT2D eigenvalue weighted by Crippen LogP contribution is 2.24. The third-order valence-corrected chi connectivity index (χ3v) is 7.30. The molecule has 3 aromatic carbocycles. The molecule has 1 N–H and O–H groups in total. The zero-order chi connectivity index (χ0) is 27.7. The number of likely N-dealkylation sites (N-methyl/N-ethyl adjacent to an activating group) is 1. The molecule has 0 radical (unpaired) electrons. The van der Waals surface area contributed by atoms with Crippen LogP contribution in [0.4, 0.5) is 5.69 Å². The fourth-order valence-electron chi connectivity index (χ4n) is 4.01. The molecule has 0 unspecified atom stereocenters. The van der Waals surface area contributed by atoms with Gasteiger partial charge in [0, 0.05) is 30.6 Å². The molecule has 3 aromatic rings. The van der Waals surface area contributed by atoms with E-state index in [1.807, 2.05) is 30.3 Å². The largest absolute Gasteiger partial charge is 0.497 e. The molecule has 202 valence electrons. The maximum atomic E-state index is 13.9. The quantitative estimate of drug-likeness (QED) is 0.364. The fraction of sp³-hybridized carbons (Fsp3) is 0.286. The molecule has 0 saturated carbocycles. The summed E-state index contributed by atoms with van der Waals surface area (Å²) in [5.41, 5.74) is 1.90. The van der Waals surface area contributed by atoms with Crippen LogP contribution >= 0.6 is 11.6 Å².